The third-order valence-corrected chi connectivity index (χ3v) is 6.42. The maximum atomic E-state index is 12.0. The number of unbranched alkanes of at least 4 members (excludes halogenated alkanes) is 6. The van der Waals surface area contributed by atoms with Crippen molar-refractivity contribution in [3.05, 3.63) is 29.8 Å². The van der Waals surface area contributed by atoms with Crippen molar-refractivity contribution >= 4 is 10.1 Å². The van der Waals surface area contributed by atoms with Crippen LogP contribution < -0.4 is 0 Å². The zero-order valence-electron chi connectivity index (χ0n) is 17.0. The van der Waals surface area contributed by atoms with E-state index in [9.17, 15) is 13.0 Å². The van der Waals surface area contributed by atoms with Crippen molar-refractivity contribution in [2.75, 3.05) is 0 Å². The lowest BCUT2D eigenvalue weighted by Crippen LogP contribution is -2.29. The molecule has 3 nitrogen and oxygen atoms in total. The first-order valence-electron chi connectivity index (χ1n) is 10.5. The van der Waals surface area contributed by atoms with Gasteiger partial charge in [0.1, 0.15) is 0 Å². The van der Waals surface area contributed by atoms with Gasteiger partial charge in [-0.05, 0) is 36.3 Å². The zero-order valence-corrected chi connectivity index (χ0v) is 17.8. The molecule has 0 radical (unpaired) electrons. The quantitative estimate of drug-likeness (QED) is 0.281. The smallest absolute Gasteiger partial charge is 0.282 e. The molecule has 0 spiro atoms. The van der Waals surface area contributed by atoms with Crippen molar-refractivity contribution < 1.29 is 13.0 Å². The molecule has 0 saturated carbocycles. The Kier molecular flexibility index (Phi) is 10.5. The van der Waals surface area contributed by atoms with Crippen LogP contribution >= 0.6 is 0 Å². The van der Waals surface area contributed by atoms with E-state index in [-0.39, 0.29) is 10.3 Å². The predicted molar refractivity (Wildman–Crippen MR) is 110 cm³/mol. The first kappa shape index (κ1) is 23.2. The van der Waals surface area contributed by atoms with Crippen LogP contribution in [0.2, 0.25) is 0 Å². The molecule has 0 aliphatic heterocycles. The molecule has 1 N–H and O–H groups in total. The second kappa shape index (κ2) is 11.8. The Labute approximate surface area is 161 Å². The normalized spacial score (nSPS) is 12.5. The summed E-state index contributed by atoms with van der Waals surface area (Å²) in [6.45, 7) is 6.59. The topological polar surface area (TPSA) is 54.4 Å². The Morgan fingerprint density at radius 2 is 1.19 bits per heavy atom. The molecule has 4 heteroatoms. The van der Waals surface area contributed by atoms with E-state index in [1.54, 1.807) is 12.1 Å². The van der Waals surface area contributed by atoms with Crippen LogP contribution in [0.5, 0.6) is 0 Å². The van der Waals surface area contributed by atoms with Crippen LogP contribution in [0.3, 0.4) is 0 Å². The molecule has 0 unspecified atom stereocenters. The second-order valence-electron chi connectivity index (χ2n) is 7.62. The van der Waals surface area contributed by atoms with Gasteiger partial charge < -0.3 is 0 Å². The van der Waals surface area contributed by atoms with Crippen molar-refractivity contribution in [1.29, 1.82) is 0 Å². The highest BCUT2D eigenvalue weighted by Crippen LogP contribution is 2.43. The van der Waals surface area contributed by atoms with Gasteiger partial charge in [0.25, 0.3) is 10.1 Å². The minimum Gasteiger partial charge on any atom is -0.282 e. The van der Waals surface area contributed by atoms with E-state index < -0.39 is 10.1 Å². The molecule has 0 heterocycles. The third-order valence-electron chi connectivity index (χ3n) is 5.51. The van der Waals surface area contributed by atoms with Crippen LogP contribution in [0.25, 0.3) is 0 Å². The molecule has 0 amide bonds. The van der Waals surface area contributed by atoms with Gasteiger partial charge in [-0.25, -0.2) is 0 Å². The fourth-order valence-electron chi connectivity index (χ4n) is 4.05. The molecule has 1 aromatic carbocycles. The molecule has 150 valence electrons. The Morgan fingerprint density at radius 1 is 0.769 bits per heavy atom. The molecule has 0 aliphatic carbocycles. The largest absolute Gasteiger partial charge is 0.294 e. The summed E-state index contributed by atoms with van der Waals surface area (Å²) in [4.78, 5) is 0.115. The highest BCUT2D eigenvalue weighted by atomic mass is 32.2. The van der Waals surface area contributed by atoms with E-state index >= 15 is 0 Å². The fourth-order valence-corrected chi connectivity index (χ4v) is 4.86. The molecular formula is C22H38O3S. The molecule has 0 aromatic heterocycles. The van der Waals surface area contributed by atoms with Crippen LogP contribution in [0.1, 0.15) is 103 Å². The van der Waals surface area contributed by atoms with Crippen LogP contribution in [0.15, 0.2) is 29.2 Å². The van der Waals surface area contributed by atoms with Gasteiger partial charge in [-0.2, -0.15) is 8.42 Å². The lowest BCUT2D eigenvalue weighted by molar-refractivity contribution is 0.297. The third kappa shape index (κ3) is 7.03. The summed E-state index contributed by atoms with van der Waals surface area (Å²) in [5, 5.41) is 0. The van der Waals surface area contributed by atoms with E-state index in [1.165, 1.54) is 0 Å². The first-order chi connectivity index (χ1) is 12.4. The van der Waals surface area contributed by atoms with Gasteiger partial charge >= 0.3 is 0 Å². The highest BCUT2D eigenvalue weighted by molar-refractivity contribution is 7.85. The van der Waals surface area contributed by atoms with Crippen molar-refractivity contribution in [2.45, 2.75) is 108 Å². The van der Waals surface area contributed by atoms with Gasteiger partial charge in [0.2, 0.25) is 0 Å². The average Bonchev–Trinajstić information content (AvgIpc) is 2.61. The van der Waals surface area contributed by atoms with Gasteiger partial charge in [0.15, 0.2) is 0 Å². The first-order valence-corrected chi connectivity index (χ1v) is 11.9. The Morgan fingerprint density at radius 3 is 1.58 bits per heavy atom. The minimum atomic E-state index is -4.21. The van der Waals surface area contributed by atoms with E-state index in [0.29, 0.717) is 0 Å². The fraction of sp³-hybridized carbons (Fsp3) is 0.727. The van der Waals surface area contributed by atoms with Crippen LogP contribution in [0, 0.1) is 0 Å². The molecule has 0 bridgehead atoms. The number of benzene rings is 1. The van der Waals surface area contributed by atoms with Gasteiger partial charge in [-0.1, -0.05) is 96.8 Å². The highest BCUT2D eigenvalue weighted by Gasteiger charge is 2.35. The second-order valence-corrected chi connectivity index (χ2v) is 9.01. The van der Waals surface area contributed by atoms with Crippen molar-refractivity contribution in [3.8, 4) is 0 Å². The van der Waals surface area contributed by atoms with Gasteiger partial charge in [0.05, 0.1) is 4.90 Å². The average molecular weight is 383 g/mol. The summed E-state index contributed by atoms with van der Waals surface area (Å²) in [7, 11) is -4.21. The maximum absolute atomic E-state index is 12.0. The Balaban J connectivity index is 3.33. The standard InChI is InChI=1S/C22H38O3S/c1-4-7-12-17-22(18-13-8-5-2,19-14-9-6-3)20-15-10-11-16-21(20)26(23,24)25/h10-11,15-16H,4-9,12-14,17-19H2,1-3H3,(H,23,24,25). The lowest BCUT2D eigenvalue weighted by atomic mass is 9.69. The zero-order chi connectivity index (χ0) is 19.5. The van der Waals surface area contributed by atoms with Gasteiger partial charge in [-0.15, -0.1) is 0 Å². The van der Waals surface area contributed by atoms with Crippen molar-refractivity contribution in [1.82, 2.24) is 0 Å². The molecule has 0 fully saturated rings. The number of rotatable bonds is 14. The van der Waals surface area contributed by atoms with E-state index in [4.69, 9.17) is 0 Å². The van der Waals surface area contributed by atoms with Gasteiger partial charge in [-0.3, -0.25) is 4.55 Å². The number of hydrogen-bond acceptors (Lipinski definition) is 2. The molecule has 0 atom stereocenters. The maximum Gasteiger partial charge on any atom is 0.294 e. The number of hydrogen-bond donors (Lipinski definition) is 1. The monoisotopic (exact) mass is 382 g/mol. The molecule has 1 aromatic rings. The summed E-state index contributed by atoms with van der Waals surface area (Å²) >= 11 is 0. The summed E-state index contributed by atoms with van der Waals surface area (Å²) in [5.74, 6) is 0. The summed E-state index contributed by atoms with van der Waals surface area (Å²) < 4.78 is 33.9. The molecular weight excluding hydrogens is 344 g/mol. The molecule has 0 aliphatic rings. The lowest BCUT2D eigenvalue weighted by Gasteiger charge is -2.36. The molecule has 1 rings (SSSR count). The van der Waals surface area contributed by atoms with Crippen molar-refractivity contribution in [3.63, 3.8) is 0 Å². The summed E-state index contributed by atoms with van der Waals surface area (Å²) in [5.41, 5.74) is 0.692. The summed E-state index contributed by atoms with van der Waals surface area (Å²) in [6.07, 6.45) is 13.3. The minimum absolute atomic E-state index is 0.115. The van der Waals surface area contributed by atoms with Crippen molar-refractivity contribution in [2.24, 2.45) is 0 Å². The predicted octanol–water partition coefficient (Wildman–Crippen LogP) is 6.91. The van der Waals surface area contributed by atoms with Gasteiger partial charge in [0, 0.05) is 0 Å². The van der Waals surface area contributed by atoms with Crippen LogP contribution in [-0.2, 0) is 15.5 Å². The Bertz CT molecular complexity index is 581. The van der Waals surface area contributed by atoms with E-state index in [1.807, 2.05) is 12.1 Å². The van der Waals surface area contributed by atoms with E-state index in [2.05, 4.69) is 20.8 Å². The molecule has 26 heavy (non-hydrogen) atoms. The SMILES string of the molecule is CCCCCC(CCCCC)(CCCCC)c1ccccc1S(=O)(=O)O. The van der Waals surface area contributed by atoms with Crippen LogP contribution in [-0.4, -0.2) is 13.0 Å². The van der Waals surface area contributed by atoms with Crippen LogP contribution in [0.4, 0.5) is 0 Å². The van der Waals surface area contributed by atoms with E-state index in [0.717, 1.165) is 82.6 Å². The molecule has 0 saturated heterocycles. The Hall–Kier alpha value is -0.870. The summed E-state index contributed by atoms with van der Waals surface area (Å²) in [6, 6.07) is 7.13.